The van der Waals surface area contributed by atoms with E-state index in [4.69, 9.17) is 11.6 Å². The molecule has 0 saturated heterocycles. The van der Waals surface area contributed by atoms with Gasteiger partial charge in [0.05, 0.1) is 5.69 Å². The number of unbranched alkanes of at least 4 members (excludes halogenated alkanes) is 1. The predicted octanol–water partition coefficient (Wildman–Crippen LogP) is 3.98. The molecule has 0 saturated carbocycles. The molecular weight excluding hydrogens is 295 g/mol. The fourth-order valence-corrected chi connectivity index (χ4v) is 1.64. The second kappa shape index (κ2) is 7.99. The Morgan fingerprint density at radius 1 is 1.25 bits per heavy atom. The zero-order chi connectivity index (χ0) is 15.0. The molecule has 0 aliphatic heterocycles. The van der Waals surface area contributed by atoms with E-state index < -0.39 is 12.8 Å². The van der Waals surface area contributed by atoms with Crippen molar-refractivity contribution >= 4 is 23.2 Å². The number of amides is 1. The van der Waals surface area contributed by atoms with Gasteiger partial charge in [0.25, 0.3) is 0 Å². The molecule has 1 aromatic rings. The molecule has 0 bridgehead atoms. The van der Waals surface area contributed by atoms with Crippen molar-refractivity contribution in [3.05, 3.63) is 24.3 Å². The Balaban J connectivity index is 2.58. The van der Waals surface area contributed by atoms with Crippen LogP contribution in [0.15, 0.2) is 24.3 Å². The van der Waals surface area contributed by atoms with Crippen LogP contribution in [0.25, 0.3) is 0 Å². The average Bonchev–Trinajstić information content (AvgIpc) is 2.37. The lowest BCUT2D eigenvalue weighted by Crippen LogP contribution is -2.20. The molecule has 0 heterocycles. The third-order valence-electron chi connectivity index (χ3n) is 2.34. The van der Waals surface area contributed by atoms with Crippen LogP contribution >= 0.6 is 11.6 Å². The first-order valence-corrected chi connectivity index (χ1v) is 6.60. The number of carbonyl (C=O) groups excluding carboxylic acids is 1. The number of hydrogen-bond donors (Lipinski definition) is 1. The number of nitrogens with one attached hydrogen (secondary N) is 1. The van der Waals surface area contributed by atoms with Crippen molar-refractivity contribution in [2.24, 2.45) is 0 Å². The highest BCUT2D eigenvalue weighted by Gasteiger charge is 2.28. The van der Waals surface area contributed by atoms with Crippen molar-refractivity contribution in [1.82, 2.24) is 0 Å². The number of carbonyl (C=O) groups is 1. The van der Waals surface area contributed by atoms with E-state index in [9.17, 15) is 18.0 Å². The highest BCUT2D eigenvalue weighted by molar-refractivity contribution is 6.17. The molecule has 0 fully saturated rings. The summed E-state index contributed by atoms with van der Waals surface area (Å²) < 4.78 is 41.0. The molecular formula is C13H15ClF3NO2. The van der Waals surface area contributed by atoms with Gasteiger partial charge < -0.3 is 10.1 Å². The number of para-hydroxylation sites is 2. The van der Waals surface area contributed by atoms with Crippen molar-refractivity contribution < 1.29 is 22.7 Å². The van der Waals surface area contributed by atoms with Crippen LogP contribution in [-0.2, 0) is 4.79 Å². The minimum absolute atomic E-state index is 0.00415. The molecule has 0 aliphatic carbocycles. The summed E-state index contributed by atoms with van der Waals surface area (Å²) in [5, 5.41) is 2.53. The first kappa shape index (κ1) is 16.6. The minimum atomic E-state index is -4.42. The maximum absolute atomic E-state index is 12.1. The maximum Gasteiger partial charge on any atom is 0.422 e. The number of anilines is 1. The Morgan fingerprint density at radius 2 is 1.95 bits per heavy atom. The number of hydrogen-bond acceptors (Lipinski definition) is 2. The van der Waals surface area contributed by atoms with E-state index in [2.05, 4.69) is 10.1 Å². The molecule has 0 aliphatic rings. The van der Waals surface area contributed by atoms with E-state index in [1.807, 2.05) is 0 Å². The highest BCUT2D eigenvalue weighted by Crippen LogP contribution is 2.26. The van der Waals surface area contributed by atoms with E-state index in [1.54, 1.807) is 6.07 Å². The van der Waals surface area contributed by atoms with Gasteiger partial charge in [0.1, 0.15) is 5.75 Å². The van der Waals surface area contributed by atoms with Crippen LogP contribution < -0.4 is 10.1 Å². The van der Waals surface area contributed by atoms with Crippen molar-refractivity contribution in [3.63, 3.8) is 0 Å². The summed E-state index contributed by atoms with van der Waals surface area (Å²) in [4.78, 5) is 11.6. The first-order chi connectivity index (χ1) is 9.42. The number of rotatable bonds is 7. The summed E-state index contributed by atoms with van der Waals surface area (Å²) in [6, 6.07) is 6.01. The number of alkyl halides is 4. The number of benzene rings is 1. The zero-order valence-electron chi connectivity index (χ0n) is 10.7. The standard InChI is InChI=1S/C13H15ClF3NO2/c14-8-4-3-7-12(19)18-10-5-1-2-6-11(10)20-9-13(15,16)17/h1-2,5-6H,3-4,7-9H2,(H,18,19). The van der Waals surface area contributed by atoms with Gasteiger partial charge >= 0.3 is 6.18 Å². The molecule has 112 valence electrons. The smallest absolute Gasteiger partial charge is 0.422 e. The highest BCUT2D eigenvalue weighted by atomic mass is 35.5. The van der Waals surface area contributed by atoms with Gasteiger partial charge in [0.15, 0.2) is 6.61 Å². The van der Waals surface area contributed by atoms with Gasteiger partial charge in [0.2, 0.25) is 5.91 Å². The molecule has 0 spiro atoms. The quantitative estimate of drug-likeness (QED) is 0.611. The Bertz CT molecular complexity index is 438. The van der Waals surface area contributed by atoms with Gasteiger partial charge in [-0.25, -0.2) is 0 Å². The molecule has 0 radical (unpaired) electrons. The first-order valence-electron chi connectivity index (χ1n) is 6.07. The van der Waals surface area contributed by atoms with E-state index in [0.29, 0.717) is 18.7 Å². The summed E-state index contributed by atoms with van der Waals surface area (Å²) in [5.74, 6) is 0.187. The van der Waals surface area contributed by atoms with E-state index >= 15 is 0 Å². The number of halogens is 4. The monoisotopic (exact) mass is 309 g/mol. The second-order valence-corrected chi connectivity index (χ2v) is 4.47. The van der Waals surface area contributed by atoms with Crippen LogP contribution in [0.4, 0.5) is 18.9 Å². The van der Waals surface area contributed by atoms with Gasteiger partial charge in [0, 0.05) is 12.3 Å². The largest absolute Gasteiger partial charge is 0.482 e. The van der Waals surface area contributed by atoms with Crippen LogP contribution in [0, 0.1) is 0 Å². The van der Waals surface area contributed by atoms with Gasteiger partial charge in [-0.05, 0) is 25.0 Å². The predicted molar refractivity (Wildman–Crippen MR) is 71.2 cm³/mol. The van der Waals surface area contributed by atoms with Crippen molar-refractivity contribution in [2.75, 3.05) is 17.8 Å². The fourth-order valence-electron chi connectivity index (χ4n) is 1.45. The molecule has 0 unspecified atom stereocenters. The van der Waals surface area contributed by atoms with E-state index in [0.717, 1.165) is 0 Å². The summed E-state index contributed by atoms with van der Waals surface area (Å²) in [6.45, 7) is -1.40. The Hall–Kier alpha value is -1.43. The summed E-state index contributed by atoms with van der Waals surface area (Å²) in [6.07, 6.45) is -2.82. The van der Waals surface area contributed by atoms with Crippen LogP contribution in [-0.4, -0.2) is 24.6 Å². The maximum atomic E-state index is 12.1. The van der Waals surface area contributed by atoms with Gasteiger partial charge in [-0.15, -0.1) is 11.6 Å². The zero-order valence-corrected chi connectivity index (χ0v) is 11.4. The minimum Gasteiger partial charge on any atom is -0.482 e. The van der Waals surface area contributed by atoms with E-state index in [-0.39, 0.29) is 23.8 Å². The summed E-state index contributed by atoms with van der Waals surface area (Å²) in [5.41, 5.74) is 0.229. The Morgan fingerprint density at radius 3 is 2.60 bits per heavy atom. The molecule has 1 aromatic carbocycles. The van der Waals surface area contributed by atoms with E-state index in [1.165, 1.54) is 18.2 Å². The van der Waals surface area contributed by atoms with Crippen molar-refractivity contribution in [1.29, 1.82) is 0 Å². The molecule has 7 heteroatoms. The molecule has 0 atom stereocenters. The SMILES string of the molecule is O=C(CCCCCl)Nc1ccccc1OCC(F)(F)F. The third-order valence-corrected chi connectivity index (χ3v) is 2.61. The van der Waals surface area contributed by atoms with Gasteiger partial charge in [-0.1, -0.05) is 12.1 Å². The van der Waals surface area contributed by atoms with Crippen molar-refractivity contribution in [2.45, 2.75) is 25.4 Å². The van der Waals surface area contributed by atoms with Crippen LogP contribution in [0.1, 0.15) is 19.3 Å². The van der Waals surface area contributed by atoms with Gasteiger partial charge in [-0.2, -0.15) is 13.2 Å². The summed E-state index contributed by atoms with van der Waals surface area (Å²) in [7, 11) is 0. The van der Waals surface area contributed by atoms with Gasteiger partial charge in [-0.3, -0.25) is 4.79 Å². The molecule has 20 heavy (non-hydrogen) atoms. The second-order valence-electron chi connectivity index (χ2n) is 4.09. The molecule has 1 N–H and O–H groups in total. The van der Waals surface area contributed by atoms with Crippen LogP contribution in [0.3, 0.4) is 0 Å². The van der Waals surface area contributed by atoms with Crippen LogP contribution in [0.5, 0.6) is 5.75 Å². The Labute approximate surface area is 120 Å². The molecule has 3 nitrogen and oxygen atoms in total. The molecule has 1 amide bonds. The average molecular weight is 310 g/mol. The van der Waals surface area contributed by atoms with Crippen LogP contribution in [0.2, 0.25) is 0 Å². The third kappa shape index (κ3) is 6.65. The lowest BCUT2D eigenvalue weighted by Gasteiger charge is -2.13. The molecule has 1 rings (SSSR count). The fraction of sp³-hybridized carbons (Fsp3) is 0.462. The number of ether oxygens (including phenoxy) is 1. The lowest BCUT2D eigenvalue weighted by atomic mass is 10.2. The van der Waals surface area contributed by atoms with Crippen molar-refractivity contribution in [3.8, 4) is 5.75 Å². The topological polar surface area (TPSA) is 38.3 Å². The Kier molecular flexibility index (Phi) is 6.64. The normalized spacial score (nSPS) is 11.2. The lowest BCUT2D eigenvalue weighted by molar-refractivity contribution is -0.153. The molecule has 0 aromatic heterocycles. The summed E-state index contributed by atoms with van der Waals surface area (Å²) >= 11 is 5.50.